The largest absolute Gasteiger partial charge is 0.161 e. The molecule has 0 N–H and O–H groups in total. The van der Waals surface area contributed by atoms with Gasteiger partial charge in [-0.2, -0.15) is 11.8 Å². The summed E-state index contributed by atoms with van der Waals surface area (Å²) in [5.41, 5.74) is 1.19. The van der Waals surface area contributed by atoms with Crippen LogP contribution in [0.5, 0.6) is 0 Å². The summed E-state index contributed by atoms with van der Waals surface area (Å²) >= 11 is 2.08. The molecule has 0 nitrogen and oxygen atoms in total. The lowest BCUT2D eigenvalue weighted by molar-refractivity contribution is 0.231. The van der Waals surface area contributed by atoms with E-state index in [4.69, 9.17) is 0 Å². The molecule has 1 heterocycles. The minimum absolute atomic E-state index is 0.524. The third-order valence-corrected chi connectivity index (χ3v) is 3.66. The van der Waals surface area contributed by atoms with E-state index >= 15 is 0 Å². The highest BCUT2D eigenvalue weighted by Crippen LogP contribution is 2.45. The fraction of sp³-hybridized carbons (Fsp3) is 1.00. The van der Waals surface area contributed by atoms with Crippen LogP contribution < -0.4 is 0 Å². The molecule has 1 saturated heterocycles. The third-order valence-electron chi connectivity index (χ3n) is 1.86. The Morgan fingerprint density at radius 1 is 1.30 bits per heavy atom. The molecule has 1 rings (SSSR count). The zero-order valence-corrected chi connectivity index (χ0v) is 8.35. The second-order valence-corrected chi connectivity index (χ2v) is 6.03. The van der Waals surface area contributed by atoms with Crippen LogP contribution in [0, 0.1) is 10.8 Å². The third kappa shape index (κ3) is 2.19. The van der Waals surface area contributed by atoms with Crippen molar-refractivity contribution in [1.29, 1.82) is 0 Å². The number of hydrogen-bond acceptors (Lipinski definition) is 1. The Bertz CT molecular complexity index is 117. The van der Waals surface area contributed by atoms with Crippen molar-refractivity contribution in [3.63, 3.8) is 0 Å². The van der Waals surface area contributed by atoms with Gasteiger partial charge in [-0.25, -0.2) is 0 Å². The van der Waals surface area contributed by atoms with Gasteiger partial charge >= 0.3 is 0 Å². The van der Waals surface area contributed by atoms with Crippen LogP contribution in [0.2, 0.25) is 0 Å². The maximum Gasteiger partial charge on any atom is -0.000514 e. The quantitative estimate of drug-likeness (QED) is 0.565. The Hall–Kier alpha value is 0.350. The Morgan fingerprint density at radius 2 is 1.80 bits per heavy atom. The molecule has 0 bridgehead atoms. The second-order valence-electron chi connectivity index (χ2n) is 5.04. The van der Waals surface area contributed by atoms with Crippen LogP contribution >= 0.6 is 11.8 Å². The molecule has 1 aliphatic heterocycles. The predicted molar refractivity (Wildman–Crippen MR) is 49.5 cm³/mol. The summed E-state index contributed by atoms with van der Waals surface area (Å²) in [5.74, 6) is 2.76. The fourth-order valence-electron chi connectivity index (χ4n) is 1.83. The minimum atomic E-state index is 0.524. The van der Waals surface area contributed by atoms with Crippen LogP contribution in [-0.4, -0.2) is 11.5 Å². The highest BCUT2D eigenvalue weighted by atomic mass is 32.2. The van der Waals surface area contributed by atoms with E-state index < -0.39 is 0 Å². The van der Waals surface area contributed by atoms with Crippen LogP contribution in [0.4, 0.5) is 0 Å². The van der Waals surface area contributed by atoms with Crippen LogP contribution in [0.3, 0.4) is 0 Å². The molecule has 1 aliphatic rings. The van der Waals surface area contributed by atoms with E-state index in [1.54, 1.807) is 0 Å². The average Bonchev–Trinajstić information content (AvgIpc) is 1.57. The highest BCUT2D eigenvalue weighted by Gasteiger charge is 2.35. The molecule has 10 heavy (non-hydrogen) atoms. The van der Waals surface area contributed by atoms with E-state index in [2.05, 4.69) is 39.5 Å². The minimum Gasteiger partial charge on any atom is -0.161 e. The summed E-state index contributed by atoms with van der Waals surface area (Å²) in [7, 11) is 0. The lowest BCUT2D eigenvalue weighted by Crippen LogP contribution is -2.35. The Balaban J connectivity index is 2.37. The molecule has 0 spiro atoms. The van der Waals surface area contributed by atoms with Crippen molar-refractivity contribution in [3.05, 3.63) is 0 Å². The number of hydrogen-bond donors (Lipinski definition) is 0. The standard InChI is InChI=1S/C9H18S/c1-8(2,3)5-9(4)6-10-7-9/h5-7H2,1-4H3. The number of rotatable bonds is 1. The van der Waals surface area contributed by atoms with Crippen LogP contribution in [0.15, 0.2) is 0 Å². The molecule has 0 aromatic carbocycles. The molecule has 1 heteroatoms. The predicted octanol–water partition coefficient (Wildman–Crippen LogP) is 3.18. The molecule has 0 unspecified atom stereocenters. The molecule has 0 radical (unpaired) electrons. The van der Waals surface area contributed by atoms with Crippen molar-refractivity contribution >= 4 is 11.8 Å². The molecular formula is C9H18S. The van der Waals surface area contributed by atoms with Gasteiger partial charge in [0.25, 0.3) is 0 Å². The molecule has 0 aliphatic carbocycles. The fourth-order valence-corrected chi connectivity index (χ4v) is 2.94. The van der Waals surface area contributed by atoms with Crippen LogP contribution in [-0.2, 0) is 0 Å². The van der Waals surface area contributed by atoms with Crippen molar-refractivity contribution in [1.82, 2.24) is 0 Å². The van der Waals surface area contributed by atoms with E-state index in [1.807, 2.05) is 0 Å². The summed E-state index contributed by atoms with van der Waals surface area (Å²) in [5, 5.41) is 0. The summed E-state index contributed by atoms with van der Waals surface area (Å²) in [6.45, 7) is 9.42. The Labute approximate surface area is 68.8 Å². The normalized spacial score (nSPS) is 24.0. The van der Waals surface area contributed by atoms with Gasteiger partial charge in [-0.1, -0.05) is 27.7 Å². The first-order valence-corrected chi connectivity index (χ1v) is 5.15. The van der Waals surface area contributed by atoms with Gasteiger partial charge in [-0.15, -0.1) is 0 Å². The molecule has 0 aromatic rings. The van der Waals surface area contributed by atoms with E-state index in [0.29, 0.717) is 10.8 Å². The zero-order valence-electron chi connectivity index (χ0n) is 7.53. The summed E-state index contributed by atoms with van der Waals surface area (Å²) in [6, 6.07) is 0. The van der Waals surface area contributed by atoms with Crippen molar-refractivity contribution in [2.24, 2.45) is 10.8 Å². The smallest absolute Gasteiger partial charge is 0.000514 e. The maximum absolute atomic E-state index is 2.41. The first-order valence-electron chi connectivity index (χ1n) is 3.99. The Kier molecular flexibility index (Phi) is 2.06. The van der Waals surface area contributed by atoms with E-state index in [-0.39, 0.29) is 0 Å². The van der Waals surface area contributed by atoms with Gasteiger partial charge in [0.15, 0.2) is 0 Å². The van der Waals surface area contributed by atoms with Gasteiger partial charge < -0.3 is 0 Å². The van der Waals surface area contributed by atoms with Gasteiger partial charge in [-0.05, 0) is 28.8 Å². The lowest BCUT2D eigenvalue weighted by atomic mass is 9.77. The molecule has 1 fully saturated rings. The van der Waals surface area contributed by atoms with Gasteiger partial charge in [0.05, 0.1) is 0 Å². The van der Waals surface area contributed by atoms with E-state index in [1.165, 1.54) is 17.9 Å². The summed E-state index contributed by atoms with van der Waals surface area (Å²) in [4.78, 5) is 0. The Morgan fingerprint density at radius 3 is 1.90 bits per heavy atom. The second kappa shape index (κ2) is 2.44. The van der Waals surface area contributed by atoms with Crippen molar-refractivity contribution in [2.75, 3.05) is 11.5 Å². The average molecular weight is 158 g/mol. The molecule has 60 valence electrons. The van der Waals surface area contributed by atoms with Gasteiger partial charge in [0.2, 0.25) is 0 Å². The summed E-state index contributed by atoms with van der Waals surface area (Å²) in [6.07, 6.45) is 1.38. The first kappa shape index (κ1) is 8.45. The van der Waals surface area contributed by atoms with Crippen molar-refractivity contribution < 1.29 is 0 Å². The van der Waals surface area contributed by atoms with Gasteiger partial charge in [0.1, 0.15) is 0 Å². The topological polar surface area (TPSA) is 0 Å². The van der Waals surface area contributed by atoms with E-state index in [0.717, 1.165) is 0 Å². The SMILES string of the molecule is CC(C)(C)CC1(C)CSC1. The maximum atomic E-state index is 2.41. The highest BCUT2D eigenvalue weighted by molar-refractivity contribution is 8.00. The monoisotopic (exact) mass is 158 g/mol. The molecule has 0 aromatic heterocycles. The first-order chi connectivity index (χ1) is 4.41. The molecule has 0 atom stereocenters. The zero-order chi connectivity index (χ0) is 7.83. The van der Waals surface area contributed by atoms with Crippen LogP contribution in [0.1, 0.15) is 34.1 Å². The lowest BCUT2D eigenvalue weighted by Gasteiger charge is -2.42. The van der Waals surface area contributed by atoms with Crippen molar-refractivity contribution in [2.45, 2.75) is 34.1 Å². The van der Waals surface area contributed by atoms with Crippen molar-refractivity contribution in [3.8, 4) is 0 Å². The van der Waals surface area contributed by atoms with E-state index in [9.17, 15) is 0 Å². The van der Waals surface area contributed by atoms with Gasteiger partial charge in [-0.3, -0.25) is 0 Å². The summed E-state index contributed by atoms with van der Waals surface area (Å²) < 4.78 is 0. The molecule has 0 amide bonds. The van der Waals surface area contributed by atoms with Gasteiger partial charge in [0, 0.05) is 0 Å². The van der Waals surface area contributed by atoms with Crippen LogP contribution in [0.25, 0.3) is 0 Å². The molecule has 0 saturated carbocycles. The number of thioether (sulfide) groups is 1. The molecular weight excluding hydrogens is 140 g/mol.